The number of nitrogens with one attached hydrogen (secondary N) is 1. The smallest absolute Gasteiger partial charge is 0.233 e. The number of hydrogen-bond donors (Lipinski definition) is 1. The van der Waals surface area contributed by atoms with Gasteiger partial charge in [-0.25, -0.2) is 13.4 Å². The third-order valence-corrected chi connectivity index (χ3v) is 6.96. The number of hydrogen-bond acceptors (Lipinski definition) is 6. The Morgan fingerprint density at radius 2 is 1.84 bits per heavy atom. The third-order valence-electron chi connectivity index (χ3n) is 4.50. The Hall–Kier alpha value is -2.62. The van der Waals surface area contributed by atoms with E-state index in [1.54, 1.807) is 24.7 Å². The van der Waals surface area contributed by atoms with Crippen LogP contribution in [0.15, 0.2) is 86.1 Å². The van der Waals surface area contributed by atoms with E-state index in [9.17, 15) is 8.42 Å². The summed E-state index contributed by atoms with van der Waals surface area (Å²) < 4.78 is 35.2. The molecule has 2 heterocycles. The van der Waals surface area contributed by atoms with Gasteiger partial charge in [-0.2, -0.15) is 4.98 Å². The highest BCUT2D eigenvalue weighted by Gasteiger charge is 2.28. The molecule has 160 valence electrons. The van der Waals surface area contributed by atoms with Crippen LogP contribution in [0.25, 0.3) is 11.5 Å². The number of aryl methyl sites for hydroxylation is 1. The molecular weight excluding hydrogens is 504 g/mol. The van der Waals surface area contributed by atoms with Crippen LogP contribution in [0.1, 0.15) is 6.42 Å². The van der Waals surface area contributed by atoms with Gasteiger partial charge in [0.2, 0.25) is 26.6 Å². The second-order valence-electron chi connectivity index (χ2n) is 6.70. The van der Waals surface area contributed by atoms with Crippen molar-refractivity contribution in [2.45, 2.75) is 22.9 Å². The van der Waals surface area contributed by atoms with E-state index < -0.39 is 9.84 Å². The summed E-state index contributed by atoms with van der Waals surface area (Å²) in [4.78, 5) is 8.43. The molecule has 7 nitrogen and oxygen atoms in total. The number of imidazole rings is 1. The van der Waals surface area contributed by atoms with Crippen molar-refractivity contribution < 1.29 is 12.8 Å². The zero-order valence-corrected chi connectivity index (χ0v) is 19.4. The maximum Gasteiger partial charge on any atom is 0.233 e. The van der Waals surface area contributed by atoms with Crippen molar-refractivity contribution in [2.24, 2.45) is 0 Å². The predicted octanol–water partition coefficient (Wildman–Crippen LogP) is 5.29. The quantitative estimate of drug-likeness (QED) is 0.317. The van der Waals surface area contributed by atoms with Crippen molar-refractivity contribution in [1.82, 2.24) is 14.5 Å². The maximum absolute atomic E-state index is 13.3. The molecule has 0 saturated heterocycles. The van der Waals surface area contributed by atoms with Crippen molar-refractivity contribution in [2.75, 3.05) is 11.9 Å². The number of oxazole rings is 1. The molecule has 10 heteroatoms. The van der Waals surface area contributed by atoms with Crippen molar-refractivity contribution >= 4 is 43.3 Å². The summed E-state index contributed by atoms with van der Waals surface area (Å²) in [5, 5.41) is 3.38. The SMILES string of the molecule is O=S(=O)(c1ccc(Cl)cc1)c1nc(-c2ccc(Br)cc2)oc1NCCCn1ccnc1. The number of rotatable bonds is 8. The first-order valence-electron chi connectivity index (χ1n) is 9.40. The van der Waals surface area contributed by atoms with Gasteiger partial charge in [0, 0.05) is 40.5 Å². The molecule has 2 aromatic carbocycles. The average molecular weight is 522 g/mol. The molecule has 0 fully saturated rings. The zero-order valence-electron chi connectivity index (χ0n) is 16.2. The summed E-state index contributed by atoms with van der Waals surface area (Å²) in [5.74, 6) is 0.329. The Labute approximate surface area is 193 Å². The minimum Gasteiger partial charge on any atom is -0.419 e. The van der Waals surface area contributed by atoms with Crippen molar-refractivity contribution in [1.29, 1.82) is 0 Å². The minimum absolute atomic E-state index is 0.0917. The van der Waals surface area contributed by atoms with Gasteiger partial charge in [-0.15, -0.1) is 0 Å². The fourth-order valence-corrected chi connectivity index (χ4v) is 4.59. The molecule has 0 bridgehead atoms. The first-order chi connectivity index (χ1) is 14.9. The van der Waals surface area contributed by atoms with Gasteiger partial charge in [-0.05, 0) is 55.0 Å². The number of sulfone groups is 1. The number of halogens is 2. The summed E-state index contributed by atoms with van der Waals surface area (Å²) in [7, 11) is -3.91. The molecule has 0 aliphatic heterocycles. The van der Waals surface area contributed by atoms with Crippen LogP contribution in [0.3, 0.4) is 0 Å². The second-order valence-corrected chi connectivity index (χ2v) is 9.92. The molecule has 0 radical (unpaired) electrons. The highest BCUT2D eigenvalue weighted by atomic mass is 79.9. The van der Waals surface area contributed by atoms with Crippen LogP contribution in [-0.4, -0.2) is 29.5 Å². The summed E-state index contributed by atoms with van der Waals surface area (Å²) in [6.07, 6.45) is 6.06. The highest BCUT2D eigenvalue weighted by Crippen LogP contribution is 2.33. The largest absolute Gasteiger partial charge is 0.419 e. The van der Waals surface area contributed by atoms with Crippen LogP contribution >= 0.6 is 27.5 Å². The van der Waals surface area contributed by atoms with Crippen molar-refractivity contribution in [3.63, 3.8) is 0 Å². The normalized spacial score (nSPS) is 11.5. The summed E-state index contributed by atoms with van der Waals surface area (Å²) in [5.41, 5.74) is 0.669. The minimum atomic E-state index is -3.91. The lowest BCUT2D eigenvalue weighted by Crippen LogP contribution is -2.10. The average Bonchev–Trinajstić information content (AvgIpc) is 3.42. The van der Waals surface area contributed by atoms with Crippen LogP contribution in [0, 0.1) is 0 Å². The zero-order chi connectivity index (χ0) is 21.8. The van der Waals surface area contributed by atoms with Gasteiger partial charge in [0.05, 0.1) is 11.2 Å². The standard InChI is InChI=1S/C21H18BrClN4O3S/c22-16-4-2-15(3-5-16)19-26-21(31(28,29)18-8-6-17(23)7-9-18)20(30-19)25-10-1-12-27-13-11-24-14-27/h2-9,11,13-14,25H,1,10,12H2. The van der Waals surface area contributed by atoms with Crippen LogP contribution in [0.4, 0.5) is 5.88 Å². The van der Waals surface area contributed by atoms with E-state index in [1.165, 1.54) is 24.3 Å². The number of aromatic nitrogens is 3. The lowest BCUT2D eigenvalue weighted by atomic mass is 10.2. The van der Waals surface area contributed by atoms with Crippen LogP contribution in [0.2, 0.25) is 5.02 Å². The van der Waals surface area contributed by atoms with Crippen molar-refractivity contribution in [3.8, 4) is 11.5 Å². The van der Waals surface area contributed by atoms with Gasteiger partial charge in [0.15, 0.2) is 0 Å². The Morgan fingerprint density at radius 3 is 2.52 bits per heavy atom. The van der Waals surface area contributed by atoms with Gasteiger partial charge in [0.1, 0.15) is 0 Å². The van der Waals surface area contributed by atoms with Crippen LogP contribution < -0.4 is 5.32 Å². The second kappa shape index (κ2) is 9.25. The molecule has 4 aromatic rings. The van der Waals surface area contributed by atoms with E-state index in [-0.39, 0.29) is 21.7 Å². The van der Waals surface area contributed by atoms with Crippen molar-refractivity contribution in [3.05, 3.63) is 76.7 Å². The monoisotopic (exact) mass is 520 g/mol. The number of anilines is 1. The molecule has 0 spiro atoms. The molecule has 2 aromatic heterocycles. The topological polar surface area (TPSA) is 90.0 Å². The van der Waals surface area contributed by atoms with Gasteiger partial charge in [-0.1, -0.05) is 27.5 Å². The van der Waals surface area contributed by atoms with E-state index in [0.717, 1.165) is 17.4 Å². The van der Waals surface area contributed by atoms with Gasteiger partial charge < -0.3 is 14.3 Å². The third kappa shape index (κ3) is 5.00. The molecule has 0 saturated carbocycles. The van der Waals surface area contributed by atoms with E-state index in [0.29, 0.717) is 17.1 Å². The van der Waals surface area contributed by atoms with Gasteiger partial charge in [0.25, 0.3) is 0 Å². The molecular formula is C21H18BrClN4O3S. The molecule has 0 atom stereocenters. The first kappa shape index (κ1) is 21.6. The summed E-state index contributed by atoms with van der Waals surface area (Å²) in [6, 6.07) is 13.2. The van der Waals surface area contributed by atoms with E-state index in [4.69, 9.17) is 16.0 Å². The molecule has 4 rings (SSSR count). The van der Waals surface area contributed by atoms with Crippen LogP contribution in [-0.2, 0) is 16.4 Å². The molecule has 0 unspecified atom stereocenters. The van der Waals surface area contributed by atoms with Gasteiger partial charge >= 0.3 is 0 Å². The fraction of sp³-hybridized carbons (Fsp3) is 0.143. The highest BCUT2D eigenvalue weighted by molar-refractivity contribution is 9.10. The Balaban J connectivity index is 1.64. The maximum atomic E-state index is 13.3. The fourth-order valence-electron chi connectivity index (χ4n) is 2.92. The lowest BCUT2D eigenvalue weighted by Gasteiger charge is -2.07. The molecule has 0 aliphatic carbocycles. The molecule has 31 heavy (non-hydrogen) atoms. The lowest BCUT2D eigenvalue weighted by molar-refractivity contribution is 0.571. The Kier molecular flexibility index (Phi) is 6.45. The Bertz CT molecular complexity index is 1260. The van der Waals surface area contributed by atoms with E-state index >= 15 is 0 Å². The first-order valence-corrected chi connectivity index (χ1v) is 12.1. The van der Waals surface area contributed by atoms with Crippen LogP contribution in [0.5, 0.6) is 0 Å². The molecule has 1 N–H and O–H groups in total. The molecule has 0 aliphatic rings. The predicted molar refractivity (Wildman–Crippen MR) is 122 cm³/mol. The Morgan fingerprint density at radius 1 is 1.10 bits per heavy atom. The molecule has 0 amide bonds. The van der Waals surface area contributed by atoms with E-state index in [1.807, 2.05) is 22.9 Å². The van der Waals surface area contributed by atoms with E-state index in [2.05, 4.69) is 31.2 Å². The summed E-state index contributed by atoms with van der Waals surface area (Å²) >= 11 is 9.30. The summed E-state index contributed by atoms with van der Waals surface area (Å²) in [6.45, 7) is 1.23. The van der Waals surface area contributed by atoms with Gasteiger partial charge in [-0.3, -0.25) is 0 Å². The number of benzene rings is 2. The number of nitrogens with zero attached hydrogens (tertiary/aromatic N) is 3.